The smallest absolute Gasteiger partial charge is 0.159 e. The Morgan fingerprint density at radius 2 is 0.448 bits per heavy atom. The zero-order valence-electron chi connectivity index (χ0n) is 78.0. The summed E-state index contributed by atoms with van der Waals surface area (Å²) in [4.78, 5) is 0. The number of nitriles is 2. The molecule has 20 heteroatoms. The van der Waals surface area contributed by atoms with E-state index < -0.39 is 17.5 Å². The van der Waals surface area contributed by atoms with Gasteiger partial charge in [-0.1, -0.05) is 247 Å². The van der Waals surface area contributed by atoms with Crippen LogP contribution in [0.5, 0.6) is 0 Å². The van der Waals surface area contributed by atoms with Gasteiger partial charge in [0.1, 0.15) is 52.4 Å². The summed E-state index contributed by atoms with van der Waals surface area (Å²) in [6.07, 6.45) is 49.1. The van der Waals surface area contributed by atoms with Crippen LogP contribution in [0.15, 0.2) is 257 Å². The summed E-state index contributed by atoms with van der Waals surface area (Å²) in [6.45, 7) is 0. The highest BCUT2D eigenvalue weighted by atomic mass is 127. The molecule has 0 fully saturated rings. The second-order valence-corrected chi connectivity index (χ2v) is 39.9. The maximum absolute atomic E-state index is 14.6. The molecule has 0 aliphatic rings. The molecular formula is C123H130Br6F11IN2. The summed E-state index contributed by atoms with van der Waals surface area (Å²) < 4.78 is 154. The molecule has 0 heterocycles. The Hall–Kier alpha value is -9.30. The van der Waals surface area contributed by atoms with Crippen molar-refractivity contribution in [2.24, 2.45) is 0 Å². The monoisotopic (exact) mass is 2440 g/mol. The third-order valence-corrected chi connectivity index (χ3v) is 27.2. The van der Waals surface area contributed by atoms with E-state index >= 15 is 0 Å². The summed E-state index contributed by atoms with van der Waals surface area (Å²) in [5.41, 5.74) is 11.9. The predicted molar refractivity (Wildman–Crippen MR) is 606 cm³/mol. The third-order valence-electron chi connectivity index (χ3n) is 22.7. The Balaban J connectivity index is 0.000000463. The lowest BCUT2D eigenvalue weighted by molar-refractivity contribution is 0.509. The highest BCUT2D eigenvalue weighted by Gasteiger charge is 2.15. The maximum Gasteiger partial charge on any atom is 0.159 e. The molecule has 12 aromatic carbocycles. The van der Waals surface area contributed by atoms with Crippen molar-refractivity contribution in [1.29, 1.82) is 10.5 Å². The standard InChI is InChI=1S/C34H31F4N.C28H28BrF2N.C21H24Br2F2.C21H16Br2F2.C9H12.C6H3BrFI.4CH4/c35-31-19-16-28(22-34(31)38)30-18-13-25(21-33(30)37)9-7-5-3-1-2-4-6-8-24-12-17-29(32(36)20-24)27-14-10-26(23-39)11-15-27;29-26-17-13-22(19-28(26)31)9-7-5-3-1-2-4-6-8-21-12-16-25(27(30)18-21)24-14-10-23(20-32)11-15-24;2*22-18-12-10-16(14-20(18)24)8-6-4-2-1-3-5-7-9-17-11-13-19(23)21(25)15-17;1-3-5-7-9-8-6-4-2;7-5-2-1-4(9)3-6(5)8;;;;/h10-22H,1-9H2;10-19H,1-9H2;10-15H,1-9H2;10-15H,1-5H2;1-2H,5-9H2;1-3H;4*1H4. The number of unbranched alkanes of at least 4 members (excludes halogenated alkanes) is 26. The molecule has 0 atom stereocenters. The topological polar surface area (TPSA) is 47.6 Å². The second-order valence-electron chi connectivity index (χ2n) is 33.6. The minimum Gasteiger partial charge on any atom is -0.206 e. The van der Waals surface area contributed by atoms with Gasteiger partial charge < -0.3 is 0 Å². The Labute approximate surface area is 910 Å². The number of halogens is 18. The summed E-state index contributed by atoms with van der Waals surface area (Å²) in [6, 6.07) is 68.2. The van der Waals surface area contributed by atoms with Gasteiger partial charge in [0.05, 0.1) is 50.1 Å². The van der Waals surface area contributed by atoms with Crippen molar-refractivity contribution in [3.63, 3.8) is 0 Å². The van der Waals surface area contributed by atoms with Crippen molar-refractivity contribution in [3.05, 3.63) is 381 Å². The number of benzene rings is 12. The van der Waals surface area contributed by atoms with E-state index in [1.807, 2.05) is 54.6 Å². The van der Waals surface area contributed by atoms with Gasteiger partial charge in [0.25, 0.3) is 0 Å². The van der Waals surface area contributed by atoms with Gasteiger partial charge in [-0.3, -0.25) is 0 Å². The SMILES string of the molecule is C.C.C.C.C#CCCCCCC#C.Fc1cc(C#CCCCCCC#Cc2ccc(Br)c(F)c2)ccc1Br.Fc1cc(CCCCCCCCCc2ccc(Br)c(F)c2)ccc1Br.Fc1cc(I)ccc1Br.N#Cc1ccc(-c2ccc(CCCCCCCCCc3ccc(-c4ccc(F)c(F)c4)c(F)c3)cc2F)cc1.N#Cc1ccc(-c2ccc(CCCCCCCCCc3ccc(Br)c(F)c3)cc2F)cc1. The Morgan fingerprint density at radius 1 is 0.217 bits per heavy atom. The molecule has 758 valence electrons. The van der Waals surface area contributed by atoms with Crippen LogP contribution >= 0.6 is 118 Å². The van der Waals surface area contributed by atoms with Crippen molar-refractivity contribution >= 4 is 118 Å². The van der Waals surface area contributed by atoms with Crippen molar-refractivity contribution in [1.82, 2.24) is 0 Å². The second kappa shape index (κ2) is 74.6. The van der Waals surface area contributed by atoms with Crippen molar-refractivity contribution < 1.29 is 48.3 Å². The van der Waals surface area contributed by atoms with Gasteiger partial charge in [0, 0.05) is 57.1 Å². The van der Waals surface area contributed by atoms with Crippen molar-refractivity contribution in [2.75, 3.05) is 0 Å². The predicted octanol–water partition coefficient (Wildman–Crippen LogP) is 41.5. The molecular weight excluding hydrogens is 2320 g/mol. The minimum atomic E-state index is -0.986. The molecule has 0 aliphatic carbocycles. The first-order valence-electron chi connectivity index (χ1n) is 47.2. The van der Waals surface area contributed by atoms with Crippen LogP contribution in [0.2, 0.25) is 0 Å². The molecule has 0 spiro atoms. The number of hydrogen-bond donors (Lipinski definition) is 0. The summed E-state index contributed by atoms with van der Waals surface area (Å²) >= 11 is 20.9. The van der Waals surface area contributed by atoms with Gasteiger partial charge in [-0.15, -0.1) is 24.7 Å². The molecule has 0 saturated carbocycles. The lowest BCUT2D eigenvalue weighted by Crippen LogP contribution is -1.92. The molecule has 12 rings (SSSR count). The van der Waals surface area contributed by atoms with Gasteiger partial charge in [-0.2, -0.15) is 10.5 Å². The van der Waals surface area contributed by atoms with Gasteiger partial charge in [0.2, 0.25) is 0 Å². The molecule has 12 aromatic rings. The quantitative estimate of drug-likeness (QED) is 0.0126. The first-order valence-corrected chi connectivity index (χ1v) is 53.1. The zero-order valence-corrected chi connectivity index (χ0v) is 89.6. The van der Waals surface area contributed by atoms with E-state index in [1.165, 1.54) is 94.5 Å². The van der Waals surface area contributed by atoms with Crippen LogP contribution in [0.4, 0.5) is 48.3 Å². The van der Waals surface area contributed by atoms with Crippen molar-refractivity contribution in [3.8, 4) is 93.9 Å². The van der Waals surface area contributed by atoms with Crippen LogP contribution in [0.1, 0.15) is 284 Å². The van der Waals surface area contributed by atoms with Gasteiger partial charge in [-0.25, -0.2) is 48.3 Å². The van der Waals surface area contributed by atoms with Crippen LogP contribution < -0.4 is 0 Å². The minimum absolute atomic E-state index is 0. The van der Waals surface area contributed by atoms with E-state index in [4.69, 9.17) is 23.4 Å². The summed E-state index contributed by atoms with van der Waals surface area (Å²) in [5.74, 6) is 13.1. The molecule has 0 aliphatic heterocycles. The third kappa shape index (κ3) is 51.1. The first-order chi connectivity index (χ1) is 67.2. The van der Waals surface area contributed by atoms with E-state index in [9.17, 15) is 48.3 Å². The summed E-state index contributed by atoms with van der Waals surface area (Å²) in [5, 5.41) is 17.8. The molecule has 2 nitrogen and oxygen atoms in total. The molecule has 143 heavy (non-hydrogen) atoms. The van der Waals surface area contributed by atoms with Crippen LogP contribution in [-0.2, 0) is 38.5 Å². The van der Waals surface area contributed by atoms with Gasteiger partial charge >= 0.3 is 0 Å². The number of rotatable bonds is 41. The Morgan fingerprint density at radius 3 is 0.706 bits per heavy atom. The molecule has 0 aromatic heterocycles. The fourth-order valence-corrected chi connectivity index (χ4v) is 16.8. The molecule has 0 amide bonds. The molecule has 0 unspecified atom stereocenters. The van der Waals surface area contributed by atoms with E-state index in [0.29, 0.717) is 65.8 Å². The van der Waals surface area contributed by atoms with Crippen LogP contribution in [-0.4, -0.2) is 0 Å². The number of hydrogen-bond acceptors (Lipinski definition) is 2. The zero-order chi connectivity index (χ0) is 100. The Kier molecular flexibility index (Phi) is 66.7. The highest BCUT2D eigenvalue weighted by molar-refractivity contribution is 14.1. The molecule has 0 bridgehead atoms. The lowest BCUT2D eigenvalue weighted by atomic mass is 9.99. The molecule has 0 radical (unpaired) electrons. The van der Waals surface area contributed by atoms with E-state index in [-0.39, 0.29) is 81.8 Å². The van der Waals surface area contributed by atoms with E-state index in [0.717, 1.165) is 234 Å². The fraction of sp³-hybridized carbons (Fsp3) is 0.333. The first kappa shape index (κ1) is 128. The number of nitrogens with zero attached hydrogens (tertiary/aromatic N) is 2. The van der Waals surface area contributed by atoms with E-state index in [1.54, 1.807) is 133 Å². The Bertz CT molecular complexity index is 5970. The van der Waals surface area contributed by atoms with Crippen molar-refractivity contribution in [2.45, 2.75) is 267 Å². The highest BCUT2D eigenvalue weighted by Crippen LogP contribution is 2.32. The number of aryl methyl sites for hydroxylation is 6. The van der Waals surface area contributed by atoms with Crippen LogP contribution in [0.3, 0.4) is 0 Å². The van der Waals surface area contributed by atoms with Gasteiger partial charge in [0.15, 0.2) is 11.6 Å². The maximum atomic E-state index is 14.6. The van der Waals surface area contributed by atoms with Crippen LogP contribution in [0, 0.1) is 139 Å². The summed E-state index contributed by atoms with van der Waals surface area (Å²) in [7, 11) is 0. The lowest BCUT2D eigenvalue weighted by Gasteiger charge is -2.08. The van der Waals surface area contributed by atoms with Crippen LogP contribution in [0.25, 0.3) is 33.4 Å². The molecule has 0 saturated heterocycles. The average Bonchev–Trinajstić information content (AvgIpc) is 0.848. The number of terminal acetylenes is 2. The largest absolute Gasteiger partial charge is 0.206 e. The van der Waals surface area contributed by atoms with E-state index in [2.05, 4.69) is 166 Å². The van der Waals surface area contributed by atoms with Gasteiger partial charge in [-0.05, 0) is 417 Å². The molecule has 0 N–H and O–H groups in total. The normalized spacial score (nSPS) is 10.1. The fourth-order valence-electron chi connectivity index (χ4n) is 14.9. The average molecular weight is 2450 g/mol.